The van der Waals surface area contributed by atoms with Crippen LogP contribution in [-0.4, -0.2) is 83.9 Å². The molecule has 14 nitrogen and oxygen atoms in total. The summed E-state index contributed by atoms with van der Waals surface area (Å²) in [6.07, 6.45) is -0.0587. The van der Waals surface area contributed by atoms with Gasteiger partial charge in [-0.05, 0) is 12.1 Å². The Labute approximate surface area is 210 Å². The number of halogens is 1. The molecule has 4 heterocycles. The molecular formula is C19H15B3FN5O9. The van der Waals surface area contributed by atoms with Gasteiger partial charge in [0.25, 0.3) is 0 Å². The molecule has 3 aromatic rings. The van der Waals surface area contributed by atoms with Crippen LogP contribution in [0.25, 0.3) is 11.2 Å². The van der Waals surface area contributed by atoms with E-state index in [0.29, 0.717) is 0 Å². The summed E-state index contributed by atoms with van der Waals surface area (Å²) in [6, 6.07) is 0. The molecule has 186 valence electrons. The van der Waals surface area contributed by atoms with Gasteiger partial charge in [-0.2, -0.15) is 14.4 Å². The SMILES string of the molecule is [B]C1([B])[C@H](n2cnc3c(NC)nc(F)nc32)OC(C#C)(C([B])(O)OC(=O)OCc2oc(=O)oc2C)[C@H]1O. The molecule has 4 atom stereocenters. The zero-order valence-electron chi connectivity index (χ0n) is 19.2. The number of ether oxygens (including phenoxy) is 3. The highest BCUT2D eigenvalue weighted by Crippen LogP contribution is 2.55. The number of hydrogen-bond donors (Lipinski definition) is 3. The number of aliphatic hydroxyl groups is 2. The summed E-state index contributed by atoms with van der Waals surface area (Å²) in [7, 11) is 19.4. The maximum Gasteiger partial charge on any atom is 0.519 e. The van der Waals surface area contributed by atoms with Gasteiger partial charge in [-0.1, -0.05) is 5.92 Å². The van der Waals surface area contributed by atoms with Gasteiger partial charge < -0.3 is 38.6 Å². The molecule has 0 amide bonds. The zero-order chi connectivity index (χ0) is 27.3. The average Bonchev–Trinajstić information content (AvgIpc) is 3.44. The normalized spacial score (nSPS) is 24.3. The van der Waals surface area contributed by atoms with Gasteiger partial charge in [-0.25, -0.2) is 14.6 Å². The number of rotatable bonds is 6. The Morgan fingerprint density at radius 1 is 1.43 bits per heavy atom. The largest absolute Gasteiger partial charge is 0.519 e. The molecule has 0 aromatic carbocycles. The number of fused-ring (bicyclic) bond motifs is 1. The monoisotopic (exact) mass is 509 g/mol. The first-order chi connectivity index (χ1) is 17.3. The van der Waals surface area contributed by atoms with Crippen molar-refractivity contribution in [3.05, 3.63) is 34.5 Å². The minimum atomic E-state index is -3.31. The summed E-state index contributed by atoms with van der Waals surface area (Å²) in [5.41, 5.74) is -6.22. The van der Waals surface area contributed by atoms with E-state index in [0.717, 1.165) is 10.9 Å². The van der Waals surface area contributed by atoms with Crippen molar-refractivity contribution in [3.63, 3.8) is 0 Å². The topological polar surface area (TPSA) is 184 Å². The van der Waals surface area contributed by atoms with Gasteiger partial charge in [0.15, 0.2) is 43.0 Å². The molecule has 0 spiro atoms. The summed E-state index contributed by atoms with van der Waals surface area (Å²) in [4.78, 5) is 34.6. The number of carbonyl (C=O) groups is 1. The van der Waals surface area contributed by atoms with E-state index < -0.39 is 53.5 Å². The number of terminal acetylenes is 1. The lowest BCUT2D eigenvalue weighted by Gasteiger charge is -2.40. The lowest BCUT2D eigenvalue weighted by molar-refractivity contribution is -0.240. The van der Waals surface area contributed by atoms with Crippen molar-refractivity contribution in [2.45, 2.75) is 42.4 Å². The maximum absolute atomic E-state index is 14.0. The standard InChI is InChI=1S/C19H15B3FN5O9/c1-4-17(19(22,32)37-15(30)33-5-8-7(2)34-16(31)35-8)12(29)18(20,21)13(36-17)28-6-25-9-10(24-3)26-14(23)27-11(9)28/h1,6,12-13,29,32H,5H2,2-3H3,(H,24,26,27)/t12-,13-,17?,19?/m1/s1. The fourth-order valence-electron chi connectivity index (χ4n) is 3.72. The Hall–Kier alpha value is -3.81. The van der Waals surface area contributed by atoms with Crippen LogP contribution in [0.1, 0.15) is 17.7 Å². The fourth-order valence-corrected chi connectivity index (χ4v) is 3.72. The Morgan fingerprint density at radius 2 is 2.14 bits per heavy atom. The second-order valence-electron chi connectivity index (χ2n) is 7.94. The quantitative estimate of drug-likeness (QED) is 0.118. The molecule has 1 aliphatic heterocycles. The highest BCUT2D eigenvalue weighted by atomic mass is 19.1. The highest BCUT2D eigenvalue weighted by molar-refractivity contribution is 6.41. The van der Waals surface area contributed by atoms with Gasteiger partial charge in [0.2, 0.25) is 11.3 Å². The molecule has 37 heavy (non-hydrogen) atoms. The zero-order valence-corrected chi connectivity index (χ0v) is 19.2. The average molecular weight is 509 g/mol. The summed E-state index contributed by atoms with van der Waals surface area (Å²) in [6.45, 7) is 0.710. The predicted molar refractivity (Wildman–Crippen MR) is 121 cm³/mol. The van der Waals surface area contributed by atoms with Gasteiger partial charge in [0.05, 0.1) is 28.1 Å². The third kappa shape index (κ3) is 4.14. The van der Waals surface area contributed by atoms with E-state index in [4.69, 9.17) is 44.2 Å². The van der Waals surface area contributed by atoms with E-state index in [1.54, 1.807) is 0 Å². The number of carbonyl (C=O) groups excluding carboxylic acids is 1. The first-order valence-corrected chi connectivity index (χ1v) is 10.2. The van der Waals surface area contributed by atoms with Crippen molar-refractivity contribution in [2.24, 2.45) is 0 Å². The van der Waals surface area contributed by atoms with Gasteiger partial charge in [0.1, 0.15) is 6.23 Å². The number of nitrogens with one attached hydrogen (secondary N) is 1. The van der Waals surface area contributed by atoms with Crippen LogP contribution in [0.15, 0.2) is 20.0 Å². The fraction of sp³-hybridized carbons (Fsp3) is 0.421. The van der Waals surface area contributed by atoms with Crippen LogP contribution in [-0.2, 0) is 20.8 Å². The Balaban J connectivity index is 1.64. The molecule has 4 rings (SSSR count). The van der Waals surface area contributed by atoms with E-state index >= 15 is 0 Å². The summed E-state index contributed by atoms with van der Waals surface area (Å²) < 4.78 is 39.4. The number of aliphatic hydroxyl groups excluding tert-OH is 1. The Bertz CT molecular complexity index is 1470. The highest BCUT2D eigenvalue weighted by Gasteiger charge is 2.67. The third-order valence-electron chi connectivity index (χ3n) is 5.61. The van der Waals surface area contributed by atoms with Crippen LogP contribution in [0.2, 0.25) is 5.21 Å². The number of aromatic nitrogens is 4. The number of anilines is 1. The molecule has 6 radical (unpaired) electrons. The molecule has 3 aromatic heterocycles. The Kier molecular flexibility index (Phi) is 6.35. The third-order valence-corrected chi connectivity index (χ3v) is 5.61. The minimum Gasteiger partial charge on any atom is -0.426 e. The molecular weight excluding hydrogens is 494 g/mol. The van der Waals surface area contributed by atoms with Gasteiger partial charge >= 0.3 is 18.1 Å². The minimum absolute atomic E-state index is 0.00718. The van der Waals surface area contributed by atoms with E-state index in [9.17, 15) is 24.2 Å². The Morgan fingerprint density at radius 3 is 2.73 bits per heavy atom. The molecule has 0 aliphatic carbocycles. The molecule has 2 unspecified atom stereocenters. The lowest BCUT2D eigenvalue weighted by Crippen LogP contribution is -2.63. The summed E-state index contributed by atoms with van der Waals surface area (Å²) in [5, 5.41) is 22.1. The van der Waals surface area contributed by atoms with Crippen molar-refractivity contribution in [2.75, 3.05) is 12.4 Å². The predicted octanol–water partition coefficient (Wildman–Crippen LogP) is -1.26. The maximum atomic E-state index is 14.0. The molecule has 3 N–H and O–H groups in total. The van der Waals surface area contributed by atoms with Crippen LogP contribution in [0, 0.1) is 25.3 Å². The molecule has 0 saturated carbocycles. The summed E-state index contributed by atoms with van der Waals surface area (Å²) in [5.74, 6) is 0.748. The van der Waals surface area contributed by atoms with Gasteiger partial charge in [0, 0.05) is 7.05 Å². The van der Waals surface area contributed by atoms with Crippen LogP contribution in [0.5, 0.6) is 0 Å². The second-order valence-corrected chi connectivity index (χ2v) is 7.94. The van der Waals surface area contributed by atoms with E-state index in [2.05, 4.69) is 29.1 Å². The summed E-state index contributed by atoms with van der Waals surface area (Å²) >= 11 is 0. The molecule has 1 saturated heterocycles. The smallest absolute Gasteiger partial charge is 0.426 e. The first-order valence-electron chi connectivity index (χ1n) is 10.2. The van der Waals surface area contributed by atoms with E-state index in [-0.39, 0.29) is 28.5 Å². The molecule has 1 aliphatic rings. The van der Waals surface area contributed by atoms with Crippen LogP contribution in [0.4, 0.5) is 15.0 Å². The van der Waals surface area contributed by atoms with E-state index in [1.807, 2.05) is 5.92 Å². The number of nitrogens with zero attached hydrogens (tertiary/aromatic N) is 4. The van der Waals surface area contributed by atoms with Gasteiger partial charge in [-0.15, -0.1) is 6.42 Å². The van der Waals surface area contributed by atoms with E-state index in [1.165, 1.54) is 14.0 Å². The second kappa shape index (κ2) is 8.94. The number of aryl methyl sites for hydroxylation is 1. The van der Waals surface area contributed by atoms with Crippen molar-refractivity contribution >= 4 is 46.7 Å². The number of imidazole rings is 1. The van der Waals surface area contributed by atoms with Crippen LogP contribution >= 0.6 is 0 Å². The number of hydrogen-bond acceptors (Lipinski definition) is 13. The molecule has 0 bridgehead atoms. The van der Waals surface area contributed by atoms with Crippen LogP contribution < -0.4 is 11.1 Å². The van der Waals surface area contributed by atoms with Crippen molar-refractivity contribution < 1.29 is 42.4 Å². The molecule has 18 heteroatoms. The lowest BCUT2D eigenvalue weighted by atomic mass is 9.48. The first kappa shape index (κ1) is 26.3. The molecule has 1 fully saturated rings. The van der Waals surface area contributed by atoms with Crippen molar-refractivity contribution in [3.8, 4) is 12.3 Å². The van der Waals surface area contributed by atoms with Gasteiger partial charge in [-0.3, -0.25) is 4.57 Å². The van der Waals surface area contributed by atoms with Crippen molar-refractivity contribution in [1.82, 2.24) is 19.5 Å². The van der Waals surface area contributed by atoms with Crippen molar-refractivity contribution in [1.29, 1.82) is 0 Å². The van der Waals surface area contributed by atoms with Crippen LogP contribution in [0.3, 0.4) is 0 Å².